The number of aromatic nitrogens is 1. The Morgan fingerprint density at radius 2 is 1.88 bits per heavy atom. The zero-order valence-corrected chi connectivity index (χ0v) is 20.8. The quantitative estimate of drug-likeness (QED) is 0.303. The van der Waals surface area contributed by atoms with Gasteiger partial charge in [-0.25, -0.2) is 0 Å². The summed E-state index contributed by atoms with van der Waals surface area (Å²) in [6.45, 7) is 3.87. The molecule has 4 aromatic rings. The van der Waals surface area contributed by atoms with Gasteiger partial charge < -0.3 is 25.0 Å². The molecule has 5 rings (SSSR count). The van der Waals surface area contributed by atoms with Gasteiger partial charge in [0.15, 0.2) is 17.3 Å². The number of fused-ring (bicyclic) bond motifs is 2. The van der Waals surface area contributed by atoms with E-state index in [1.807, 2.05) is 24.3 Å². The number of hydrogen-bond acceptors (Lipinski definition) is 7. The molecule has 6 nitrogen and oxygen atoms in total. The van der Waals surface area contributed by atoms with Gasteiger partial charge in [0.05, 0.1) is 15.4 Å². The Kier molecular flexibility index (Phi) is 6.87. The summed E-state index contributed by atoms with van der Waals surface area (Å²) in [5.41, 5.74) is 4.19. The van der Waals surface area contributed by atoms with E-state index in [0.29, 0.717) is 18.2 Å². The molecule has 3 aromatic carbocycles. The largest absolute Gasteiger partial charge is 0.486 e. The Balaban J connectivity index is 1.36. The number of nitrogens with one attached hydrogen (secondary N) is 2. The highest BCUT2D eigenvalue weighted by molar-refractivity contribution is 7.14. The average Bonchev–Trinajstić information content (AvgIpc) is 3.26. The van der Waals surface area contributed by atoms with Gasteiger partial charge in [-0.1, -0.05) is 35.9 Å². The van der Waals surface area contributed by atoms with Crippen molar-refractivity contribution in [1.29, 1.82) is 0 Å². The van der Waals surface area contributed by atoms with E-state index in [1.165, 1.54) is 11.5 Å². The zero-order valence-electron chi connectivity index (χ0n) is 19.2. The van der Waals surface area contributed by atoms with Gasteiger partial charge in [0.2, 0.25) is 0 Å². The summed E-state index contributed by atoms with van der Waals surface area (Å²) < 4.78 is 17.3. The van der Waals surface area contributed by atoms with Gasteiger partial charge in [-0.2, -0.15) is 4.37 Å². The van der Waals surface area contributed by atoms with E-state index in [9.17, 15) is 0 Å². The lowest BCUT2D eigenvalue weighted by atomic mass is 10.0. The number of hydrogen-bond donors (Lipinski definition) is 2. The highest BCUT2D eigenvalue weighted by Gasteiger charge is 2.16. The van der Waals surface area contributed by atoms with Crippen LogP contribution in [0.1, 0.15) is 5.56 Å². The molecule has 1 aliphatic heterocycles. The lowest BCUT2D eigenvalue weighted by molar-refractivity contribution is 0.171. The van der Waals surface area contributed by atoms with Gasteiger partial charge in [-0.15, -0.1) is 0 Å². The molecule has 0 amide bonds. The highest BCUT2D eigenvalue weighted by atomic mass is 35.5. The fourth-order valence-corrected chi connectivity index (χ4v) is 5.05. The summed E-state index contributed by atoms with van der Waals surface area (Å²) in [5.74, 6) is 2.38. The topological polar surface area (TPSA) is 58.7 Å². The van der Waals surface area contributed by atoms with Crippen molar-refractivity contribution in [3.8, 4) is 22.6 Å². The van der Waals surface area contributed by atoms with Crippen molar-refractivity contribution in [2.75, 3.05) is 45.7 Å². The number of nitrogens with zero attached hydrogens (tertiary/aromatic N) is 2. The van der Waals surface area contributed by atoms with Crippen LogP contribution in [-0.2, 0) is 6.54 Å². The van der Waals surface area contributed by atoms with Gasteiger partial charge in [-0.05, 0) is 67.1 Å². The van der Waals surface area contributed by atoms with Crippen LogP contribution in [0.15, 0.2) is 54.6 Å². The van der Waals surface area contributed by atoms with E-state index in [1.54, 1.807) is 0 Å². The van der Waals surface area contributed by atoms with Crippen molar-refractivity contribution in [3.63, 3.8) is 0 Å². The van der Waals surface area contributed by atoms with Gasteiger partial charge in [0.1, 0.15) is 13.2 Å². The minimum atomic E-state index is 0.570. The number of ether oxygens (including phenoxy) is 2. The first kappa shape index (κ1) is 22.9. The number of rotatable bonds is 8. The lowest BCUT2D eigenvalue weighted by Gasteiger charge is -2.19. The molecule has 0 bridgehead atoms. The predicted molar refractivity (Wildman–Crippen MR) is 141 cm³/mol. The minimum Gasteiger partial charge on any atom is -0.486 e. The van der Waals surface area contributed by atoms with Crippen LogP contribution in [0.25, 0.3) is 21.2 Å². The van der Waals surface area contributed by atoms with Crippen LogP contribution in [0.5, 0.6) is 11.5 Å². The standard InChI is InChI=1S/C26H27ClN4O2S/c1-31(2)11-10-28-16-17-6-8-22(21(27)14-17)29-26-20-5-3-4-19(25(20)34-30-26)18-7-9-23-24(15-18)33-13-12-32-23/h3-9,14-15,28H,10-13,16H2,1-2H3,(H,29,30). The maximum absolute atomic E-state index is 6.61. The third-order valence-electron chi connectivity index (χ3n) is 5.70. The van der Waals surface area contributed by atoms with Crippen molar-refractivity contribution in [2.24, 2.45) is 0 Å². The molecule has 2 heterocycles. The maximum Gasteiger partial charge on any atom is 0.161 e. The van der Waals surface area contributed by atoms with E-state index in [0.717, 1.165) is 69.4 Å². The second-order valence-electron chi connectivity index (χ2n) is 8.49. The predicted octanol–water partition coefficient (Wildman–Crippen LogP) is 5.78. The smallest absolute Gasteiger partial charge is 0.161 e. The molecule has 2 N–H and O–H groups in total. The molecule has 1 aliphatic rings. The van der Waals surface area contributed by atoms with Crippen molar-refractivity contribution < 1.29 is 9.47 Å². The van der Waals surface area contributed by atoms with Crippen molar-refractivity contribution in [2.45, 2.75) is 6.54 Å². The summed E-state index contributed by atoms with van der Waals surface area (Å²) >= 11 is 8.08. The SMILES string of the molecule is CN(C)CCNCc1ccc(Nc2nsc3c(-c4ccc5c(c4)OCCO5)cccc23)c(Cl)c1. The molecular formula is C26H27ClN4O2S. The molecule has 34 heavy (non-hydrogen) atoms. The molecular weight excluding hydrogens is 468 g/mol. The van der Waals surface area contributed by atoms with Crippen LogP contribution in [-0.4, -0.2) is 49.7 Å². The van der Waals surface area contributed by atoms with Gasteiger partial charge in [0, 0.05) is 30.6 Å². The van der Waals surface area contributed by atoms with Crippen LogP contribution in [0, 0.1) is 0 Å². The molecule has 0 spiro atoms. The van der Waals surface area contributed by atoms with Crippen LogP contribution in [0.4, 0.5) is 11.5 Å². The summed E-state index contributed by atoms with van der Waals surface area (Å²) in [7, 11) is 4.14. The van der Waals surface area contributed by atoms with Crippen LogP contribution >= 0.6 is 23.1 Å². The Bertz CT molecular complexity index is 1310. The molecule has 0 saturated carbocycles. The summed E-state index contributed by atoms with van der Waals surface area (Å²) in [5, 5.41) is 8.61. The summed E-state index contributed by atoms with van der Waals surface area (Å²) in [6, 6.07) is 18.4. The fourth-order valence-electron chi connectivity index (χ4n) is 3.92. The van der Waals surface area contributed by atoms with E-state index < -0.39 is 0 Å². The highest BCUT2D eigenvalue weighted by Crippen LogP contribution is 2.40. The Morgan fingerprint density at radius 3 is 2.71 bits per heavy atom. The number of benzene rings is 3. The summed E-state index contributed by atoms with van der Waals surface area (Å²) in [6.07, 6.45) is 0. The number of halogens is 1. The second kappa shape index (κ2) is 10.2. The molecule has 0 aliphatic carbocycles. The fraction of sp³-hybridized carbons (Fsp3) is 0.269. The minimum absolute atomic E-state index is 0.570. The first-order chi connectivity index (χ1) is 16.6. The molecule has 0 saturated heterocycles. The van der Waals surface area contributed by atoms with Crippen LogP contribution < -0.4 is 20.1 Å². The average molecular weight is 495 g/mol. The molecule has 0 atom stereocenters. The second-order valence-corrected chi connectivity index (χ2v) is 9.67. The Hall–Kier alpha value is -2.84. The summed E-state index contributed by atoms with van der Waals surface area (Å²) in [4.78, 5) is 2.16. The van der Waals surface area contributed by atoms with Crippen molar-refractivity contribution >= 4 is 44.7 Å². The Morgan fingerprint density at radius 1 is 1.03 bits per heavy atom. The van der Waals surface area contributed by atoms with Gasteiger partial charge >= 0.3 is 0 Å². The van der Waals surface area contributed by atoms with Gasteiger partial charge in [0.25, 0.3) is 0 Å². The lowest BCUT2D eigenvalue weighted by Crippen LogP contribution is -2.26. The van der Waals surface area contributed by atoms with E-state index >= 15 is 0 Å². The molecule has 0 radical (unpaired) electrons. The van der Waals surface area contributed by atoms with Crippen LogP contribution in [0.2, 0.25) is 5.02 Å². The Labute approximate surface area is 208 Å². The monoisotopic (exact) mass is 494 g/mol. The maximum atomic E-state index is 6.61. The first-order valence-electron chi connectivity index (χ1n) is 11.3. The molecule has 0 fully saturated rings. The van der Waals surface area contributed by atoms with E-state index in [-0.39, 0.29) is 0 Å². The molecule has 176 valence electrons. The van der Waals surface area contributed by atoms with Gasteiger partial charge in [-0.3, -0.25) is 0 Å². The van der Waals surface area contributed by atoms with Crippen LogP contribution in [0.3, 0.4) is 0 Å². The number of likely N-dealkylation sites (N-methyl/N-ethyl adjacent to an activating group) is 1. The molecule has 8 heteroatoms. The first-order valence-corrected chi connectivity index (χ1v) is 12.4. The molecule has 0 unspecified atom stereocenters. The number of anilines is 2. The zero-order chi connectivity index (χ0) is 23.5. The van der Waals surface area contributed by atoms with Crippen molar-refractivity contribution in [1.82, 2.24) is 14.6 Å². The third-order valence-corrected chi connectivity index (χ3v) is 6.91. The van der Waals surface area contributed by atoms with Crippen molar-refractivity contribution in [3.05, 3.63) is 65.2 Å². The third kappa shape index (κ3) is 4.98. The normalized spacial score (nSPS) is 12.9. The van der Waals surface area contributed by atoms with E-state index in [2.05, 4.69) is 60.0 Å². The van der Waals surface area contributed by atoms with E-state index in [4.69, 9.17) is 25.4 Å². The molecule has 1 aromatic heterocycles.